The Hall–Kier alpha value is -2.73. The Balaban J connectivity index is 1.47. The minimum absolute atomic E-state index is 0.219. The molecule has 0 radical (unpaired) electrons. The number of fused-ring (bicyclic) bond motifs is 1. The van der Waals surface area contributed by atoms with Crippen molar-refractivity contribution in [1.29, 1.82) is 0 Å². The molecule has 0 spiro atoms. The first kappa shape index (κ1) is 19.0. The van der Waals surface area contributed by atoms with Gasteiger partial charge in [0.25, 0.3) is 5.91 Å². The van der Waals surface area contributed by atoms with Crippen LogP contribution in [0.5, 0.6) is 11.5 Å². The number of rotatable bonds is 6. The smallest absolute Gasteiger partial charge is 0.313 e. The van der Waals surface area contributed by atoms with Gasteiger partial charge in [-0.25, -0.2) is 0 Å². The summed E-state index contributed by atoms with van der Waals surface area (Å²) in [7, 11) is 1.57. The molecule has 0 saturated carbocycles. The van der Waals surface area contributed by atoms with Gasteiger partial charge in [-0.15, -0.1) is 0 Å². The lowest BCUT2D eigenvalue weighted by Crippen LogP contribution is -2.33. The highest BCUT2D eigenvalue weighted by Gasteiger charge is 2.28. The molecule has 1 aliphatic heterocycles. The molecule has 0 bridgehead atoms. The summed E-state index contributed by atoms with van der Waals surface area (Å²) in [5, 5.41) is 3.30. The van der Waals surface area contributed by atoms with Crippen LogP contribution in [-0.4, -0.2) is 32.2 Å². The summed E-state index contributed by atoms with van der Waals surface area (Å²) in [4.78, 5) is 24.2. The number of para-hydroxylation sites is 1. The minimum atomic E-state index is -0.465. The molecular weight excluding hydrogens is 370 g/mol. The van der Waals surface area contributed by atoms with Crippen LogP contribution in [0.1, 0.15) is 11.1 Å². The molecule has 2 aromatic carbocycles. The number of methoxy groups -OCH3 is 1. The van der Waals surface area contributed by atoms with Crippen LogP contribution >= 0.6 is 11.6 Å². The molecule has 1 N–H and O–H groups in total. The Morgan fingerprint density at radius 3 is 2.89 bits per heavy atom. The molecule has 7 heteroatoms. The summed E-state index contributed by atoms with van der Waals surface area (Å²) in [6, 6.07) is 12.7. The second-order valence-electron chi connectivity index (χ2n) is 6.16. The SMILES string of the molecule is COc1ccccc1CNC(=O)COC(=O)[C@H]1COc2ccc(Cl)cc2C1. The fraction of sp³-hybridized carbons (Fsp3) is 0.300. The number of hydrogen-bond acceptors (Lipinski definition) is 5. The highest BCUT2D eigenvalue weighted by Crippen LogP contribution is 2.30. The fourth-order valence-electron chi connectivity index (χ4n) is 2.86. The Morgan fingerprint density at radius 1 is 1.26 bits per heavy atom. The van der Waals surface area contributed by atoms with Gasteiger partial charge in [-0.2, -0.15) is 0 Å². The van der Waals surface area contributed by atoms with Crippen LogP contribution in [0.25, 0.3) is 0 Å². The zero-order valence-corrected chi connectivity index (χ0v) is 15.6. The number of carbonyl (C=O) groups is 2. The number of amides is 1. The first-order valence-corrected chi connectivity index (χ1v) is 8.91. The zero-order valence-electron chi connectivity index (χ0n) is 14.9. The molecule has 1 amide bonds. The molecule has 0 saturated heterocycles. The van der Waals surface area contributed by atoms with Crippen molar-refractivity contribution in [2.75, 3.05) is 20.3 Å². The average molecular weight is 390 g/mol. The summed E-state index contributed by atoms with van der Waals surface area (Å²) in [6.45, 7) is 0.169. The second kappa shape index (κ2) is 8.77. The summed E-state index contributed by atoms with van der Waals surface area (Å²) in [5.41, 5.74) is 1.70. The Morgan fingerprint density at radius 2 is 2.07 bits per heavy atom. The molecule has 6 nitrogen and oxygen atoms in total. The molecule has 1 heterocycles. The number of ether oxygens (including phenoxy) is 3. The molecule has 3 rings (SSSR count). The van der Waals surface area contributed by atoms with Gasteiger partial charge in [0.1, 0.15) is 18.1 Å². The molecular formula is C20H20ClNO5. The molecule has 0 unspecified atom stereocenters. The van der Waals surface area contributed by atoms with Crippen molar-refractivity contribution in [3.8, 4) is 11.5 Å². The lowest BCUT2D eigenvalue weighted by Gasteiger charge is -2.24. The van der Waals surface area contributed by atoms with Gasteiger partial charge in [0.2, 0.25) is 0 Å². The van der Waals surface area contributed by atoms with Crippen molar-refractivity contribution in [3.63, 3.8) is 0 Å². The van der Waals surface area contributed by atoms with Gasteiger partial charge >= 0.3 is 5.97 Å². The molecule has 1 atom stereocenters. The topological polar surface area (TPSA) is 73.9 Å². The van der Waals surface area contributed by atoms with E-state index in [4.69, 9.17) is 25.8 Å². The van der Waals surface area contributed by atoms with Crippen molar-refractivity contribution < 1.29 is 23.8 Å². The molecule has 0 aromatic heterocycles. The van der Waals surface area contributed by atoms with E-state index in [1.54, 1.807) is 25.3 Å². The minimum Gasteiger partial charge on any atom is -0.496 e. The maximum Gasteiger partial charge on any atom is 0.313 e. The van der Waals surface area contributed by atoms with E-state index in [9.17, 15) is 9.59 Å². The maximum absolute atomic E-state index is 12.2. The normalized spacial score (nSPS) is 15.3. The van der Waals surface area contributed by atoms with Gasteiger partial charge in [-0.1, -0.05) is 29.8 Å². The third-order valence-electron chi connectivity index (χ3n) is 4.28. The first-order chi connectivity index (χ1) is 13.1. The summed E-state index contributed by atoms with van der Waals surface area (Å²) in [5.74, 6) is 0.102. The fourth-order valence-corrected chi connectivity index (χ4v) is 3.06. The van der Waals surface area contributed by atoms with Crippen LogP contribution in [0.3, 0.4) is 0 Å². The number of esters is 1. The van der Waals surface area contributed by atoms with Gasteiger partial charge in [-0.05, 0) is 36.2 Å². The second-order valence-corrected chi connectivity index (χ2v) is 6.60. The number of benzene rings is 2. The lowest BCUT2D eigenvalue weighted by atomic mass is 9.97. The molecule has 0 aliphatic carbocycles. The lowest BCUT2D eigenvalue weighted by molar-refractivity contribution is -0.153. The standard InChI is InChI=1S/C20H20ClNO5/c1-25-17-5-3-2-4-13(17)10-22-19(23)12-27-20(24)15-8-14-9-16(21)6-7-18(14)26-11-15/h2-7,9,15H,8,10-12H2,1H3,(H,22,23)/t15-/m1/s1. The third-order valence-corrected chi connectivity index (χ3v) is 4.51. The van der Waals surface area contributed by atoms with Crippen LogP contribution in [0.2, 0.25) is 5.02 Å². The van der Waals surface area contributed by atoms with E-state index in [2.05, 4.69) is 5.32 Å². The van der Waals surface area contributed by atoms with Crippen molar-refractivity contribution >= 4 is 23.5 Å². The predicted molar refractivity (Wildman–Crippen MR) is 99.9 cm³/mol. The van der Waals surface area contributed by atoms with Crippen LogP contribution in [-0.2, 0) is 27.3 Å². The number of halogens is 1. The van der Waals surface area contributed by atoms with Crippen LogP contribution in [0.4, 0.5) is 0 Å². The van der Waals surface area contributed by atoms with E-state index in [0.717, 1.165) is 16.9 Å². The highest BCUT2D eigenvalue weighted by molar-refractivity contribution is 6.30. The van der Waals surface area contributed by atoms with Crippen molar-refractivity contribution in [2.24, 2.45) is 5.92 Å². The van der Waals surface area contributed by atoms with E-state index in [0.29, 0.717) is 23.7 Å². The van der Waals surface area contributed by atoms with Gasteiger partial charge < -0.3 is 19.5 Å². The van der Waals surface area contributed by atoms with Gasteiger partial charge in [0, 0.05) is 17.1 Å². The quantitative estimate of drug-likeness (QED) is 0.769. The van der Waals surface area contributed by atoms with E-state index >= 15 is 0 Å². The summed E-state index contributed by atoms with van der Waals surface area (Å²) in [6.07, 6.45) is 0.470. The van der Waals surface area contributed by atoms with Crippen LogP contribution < -0.4 is 14.8 Å². The van der Waals surface area contributed by atoms with Crippen LogP contribution in [0.15, 0.2) is 42.5 Å². The number of nitrogens with one attached hydrogen (secondary N) is 1. The average Bonchev–Trinajstić information content (AvgIpc) is 2.70. The van der Waals surface area contributed by atoms with Gasteiger partial charge in [0.15, 0.2) is 6.61 Å². The summed E-state index contributed by atoms with van der Waals surface area (Å²) < 4.78 is 15.9. The van der Waals surface area contributed by atoms with E-state index in [1.807, 2.05) is 24.3 Å². The van der Waals surface area contributed by atoms with E-state index in [-0.39, 0.29) is 19.1 Å². The Kier molecular flexibility index (Phi) is 6.19. The molecule has 27 heavy (non-hydrogen) atoms. The van der Waals surface area contributed by atoms with E-state index < -0.39 is 11.9 Å². The summed E-state index contributed by atoms with van der Waals surface area (Å²) >= 11 is 5.98. The number of carbonyl (C=O) groups excluding carboxylic acids is 2. The van der Waals surface area contributed by atoms with E-state index in [1.165, 1.54) is 0 Å². The third kappa shape index (κ3) is 4.92. The first-order valence-electron chi connectivity index (χ1n) is 8.53. The van der Waals surface area contributed by atoms with Crippen molar-refractivity contribution in [1.82, 2.24) is 5.32 Å². The van der Waals surface area contributed by atoms with Gasteiger partial charge in [0.05, 0.1) is 13.0 Å². The Labute approximate surface area is 162 Å². The highest BCUT2D eigenvalue weighted by atomic mass is 35.5. The number of hydrogen-bond donors (Lipinski definition) is 1. The van der Waals surface area contributed by atoms with Crippen molar-refractivity contribution in [3.05, 3.63) is 58.6 Å². The molecule has 2 aromatic rings. The van der Waals surface area contributed by atoms with Crippen molar-refractivity contribution in [2.45, 2.75) is 13.0 Å². The Bertz CT molecular complexity index is 839. The zero-order chi connectivity index (χ0) is 19.2. The molecule has 0 fully saturated rings. The predicted octanol–water partition coefficient (Wildman–Crippen LogP) is 2.76. The molecule has 142 valence electrons. The maximum atomic E-state index is 12.2. The van der Waals surface area contributed by atoms with Gasteiger partial charge in [-0.3, -0.25) is 9.59 Å². The van der Waals surface area contributed by atoms with Crippen LogP contribution in [0, 0.1) is 5.92 Å². The largest absolute Gasteiger partial charge is 0.496 e. The molecule has 1 aliphatic rings. The monoisotopic (exact) mass is 389 g/mol.